The molecule has 0 unspecified atom stereocenters. The predicted octanol–water partition coefficient (Wildman–Crippen LogP) is 5.31. The second kappa shape index (κ2) is 5.09. The second-order valence-corrected chi connectivity index (χ2v) is 11.7. The minimum absolute atomic E-state index is 0.548. The maximum atomic E-state index is 6.25. The molecule has 1 aliphatic heterocycles. The molecule has 1 heterocycles. The lowest BCUT2D eigenvalue weighted by Crippen LogP contribution is -2.57. The Bertz CT molecular complexity index is 613. The highest BCUT2D eigenvalue weighted by Crippen LogP contribution is 2.82. The molecule has 0 amide bonds. The average molecular weight is 359 g/mol. The van der Waals surface area contributed by atoms with E-state index in [1.54, 1.807) is 0 Å². The Balaban J connectivity index is 1.34. The zero-order chi connectivity index (χ0) is 17.9. The van der Waals surface area contributed by atoms with Gasteiger partial charge in [-0.05, 0) is 97.7 Å². The molecule has 0 N–H and O–H groups in total. The van der Waals surface area contributed by atoms with Gasteiger partial charge < -0.3 is 9.47 Å². The topological polar surface area (TPSA) is 21.8 Å². The van der Waals surface area contributed by atoms with Gasteiger partial charge in [-0.1, -0.05) is 20.8 Å². The highest BCUT2D eigenvalue weighted by molar-refractivity contribution is 5.26. The van der Waals surface area contributed by atoms with Gasteiger partial charge in [0.1, 0.15) is 0 Å². The Hall–Kier alpha value is -0.0800. The van der Waals surface area contributed by atoms with Gasteiger partial charge in [0.2, 0.25) is 0 Å². The van der Waals surface area contributed by atoms with E-state index in [0.29, 0.717) is 28.5 Å². The largest absolute Gasteiger partial charge is 0.381 e. The second-order valence-electron chi connectivity index (χ2n) is 11.7. The van der Waals surface area contributed by atoms with Crippen LogP contribution in [0.2, 0.25) is 0 Å². The molecule has 0 bridgehead atoms. The van der Waals surface area contributed by atoms with E-state index in [9.17, 15) is 0 Å². The number of ether oxygens (including phenoxy) is 2. The van der Waals surface area contributed by atoms with Crippen LogP contribution in [-0.4, -0.2) is 25.9 Å². The van der Waals surface area contributed by atoms with Crippen LogP contribution in [0, 0.1) is 51.8 Å². The summed E-state index contributed by atoms with van der Waals surface area (Å²) in [5.74, 6) is 5.50. The van der Waals surface area contributed by atoms with E-state index in [1.165, 1.54) is 51.4 Å². The van der Waals surface area contributed by atoms with Crippen molar-refractivity contribution in [2.45, 2.75) is 84.3 Å². The van der Waals surface area contributed by atoms with Gasteiger partial charge in [0.05, 0.1) is 18.8 Å². The zero-order valence-electron chi connectivity index (χ0n) is 17.3. The van der Waals surface area contributed by atoms with Gasteiger partial charge in [-0.15, -0.1) is 0 Å². The molecule has 0 aromatic heterocycles. The zero-order valence-corrected chi connectivity index (χ0v) is 17.3. The molecule has 2 heteroatoms. The quantitative estimate of drug-likeness (QED) is 0.638. The van der Waals surface area contributed by atoms with Gasteiger partial charge in [-0.3, -0.25) is 0 Å². The van der Waals surface area contributed by atoms with Gasteiger partial charge in [0.25, 0.3) is 0 Å². The lowest BCUT2D eigenvalue weighted by molar-refractivity contribution is -0.161. The molecule has 6 rings (SSSR count). The number of epoxide rings is 1. The Morgan fingerprint density at radius 1 is 1.04 bits per heavy atom. The summed E-state index contributed by atoms with van der Waals surface area (Å²) >= 11 is 0. The highest BCUT2D eigenvalue weighted by atomic mass is 16.6. The summed E-state index contributed by atoms with van der Waals surface area (Å²) in [6.07, 6.45) is 12.8. The molecule has 0 aromatic carbocycles. The van der Waals surface area contributed by atoms with E-state index in [1.807, 2.05) is 7.11 Å². The van der Waals surface area contributed by atoms with Crippen LogP contribution in [0.25, 0.3) is 0 Å². The van der Waals surface area contributed by atoms with Crippen LogP contribution in [0.1, 0.15) is 72.1 Å². The van der Waals surface area contributed by atoms with Crippen LogP contribution >= 0.6 is 0 Å². The third kappa shape index (κ3) is 1.78. The lowest BCUT2D eigenvalue weighted by atomic mass is 9.45. The molecule has 5 saturated carbocycles. The molecule has 6 fully saturated rings. The molecule has 0 aromatic rings. The summed E-state index contributed by atoms with van der Waals surface area (Å²) in [5.41, 5.74) is 1.71. The Morgan fingerprint density at radius 2 is 1.85 bits per heavy atom. The van der Waals surface area contributed by atoms with Crippen molar-refractivity contribution >= 4 is 0 Å². The first-order valence-corrected chi connectivity index (χ1v) is 11.6. The summed E-state index contributed by atoms with van der Waals surface area (Å²) in [6, 6.07) is 0. The Morgan fingerprint density at radius 3 is 2.54 bits per heavy atom. The van der Waals surface area contributed by atoms with E-state index in [-0.39, 0.29) is 0 Å². The van der Waals surface area contributed by atoms with Crippen molar-refractivity contribution in [3.05, 3.63) is 0 Å². The maximum Gasteiger partial charge on any atom is 0.0838 e. The van der Waals surface area contributed by atoms with Gasteiger partial charge in [-0.2, -0.15) is 0 Å². The number of hydrogen-bond acceptors (Lipinski definition) is 2. The summed E-state index contributed by atoms with van der Waals surface area (Å²) in [5, 5.41) is 0. The van der Waals surface area contributed by atoms with Crippen LogP contribution in [-0.2, 0) is 9.47 Å². The van der Waals surface area contributed by atoms with E-state index >= 15 is 0 Å². The Kier molecular flexibility index (Phi) is 3.30. The molecule has 11 atom stereocenters. The highest BCUT2D eigenvalue weighted by Gasteiger charge is 2.77. The van der Waals surface area contributed by atoms with E-state index in [2.05, 4.69) is 20.8 Å². The Labute approximate surface area is 159 Å². The van der Waals surface area contributed by atoms with Crippen LogP contribution in [0.3, 0.4) is 0 Å². The molecular formula is C24H38O2. The number of rotatable bonds is 3. The van der Waals surface area contributed by atoms with E-state index < -0.39 is 0 Å². The van der Waals surface area contributed by atoms with Crippen LogP contribution < -0.4 is 0 Å². The smallest absolute Gasteiger partial charge is 0.0838 e. The molecule has 1 saturated heterocycles. The molecule has 26 heavy (non-hydrogen) atoms. The van der Waals surface area contributed by atoms with E-state index in [0.717, 1.165) is 42.1 Å². The number of fused-ring (bicyclic) bond motifs is 4. The summed E-state index contributed by atoms with van der Waals surface area (Å²) in [7, 11) is 2.01. The third-order valence-corrected chi connectivity index (χ3v) is 11.5. The first kappa shape index (κ1) is 16.8. The standard InChI is InChI=1S/C24H38O2/c1-14(20-13-26-20)17-5-6-18-16-11-21(25-4)24-12-15(24)7-10-23(24,3)19(16)8-9-22(17,18)2/h14-21H,5-13H2,1-4H3/t14-,15+,16-,17+,18-,19-,20+,21+,22+,23+,24-/m0/s1. The molecular weight excluding hydrogens is 320 g/mol. The number of methoxy groups -OCH3 is 1. The minimum atomic E-state index is 0.548. The van der Waals surface area contributed by atoms with E-state index in [4.69, 9.17) is 9.47 Å². The predicted molar refractivity (Wildman–Crippen MR) is 103 cm³/mol. The molecule has 5 aliphatic carbocycles. The van der Waals surface area contributed by atoms with Gasteiger partial charge in [-0.25, -0.2) is 0 Å². The molecule has 1 spiro atoms. The summed E-state index contributed by atoms with van der Waals surface area (Å²) in [4.78, 5) is 0. The fourth-order valence-electron chi connectivity index (χ4n) is 10.1. The lowest BCUT2D eigenvalue weighted by Gasteiger charge is -2.61. The van der Waals surface area contributed by atoms with Gasteiger partial charge in [0.15, 0.2) is 0 Å². The SMILES string of the molecule is CO[C@@H]1C[C@H]2[C@@H]3CC[C@H]([C@H](C)[C@H]4CO4)[C@@]3(C)CC[C@@H]2[C@@]2(C)CC[C@@H]3C[C@]312. The normalized spacial score (nSPS) is 63.5. The fourth-order valence-corrected chi connectivity index (χ4v) is 10.1. The molecule has 0 radical (unpaired) electrons. The van der Waals surface area contributed by atoms with Crippen LogP contribution in [0.15, 0.2) is 0 Å². The maximum absolute atomic E-state index is 6.25. The van der Waals surface area contributed by atoms with Crippen molar-refractivity contribution in [3.63, 3.8) is 0 Å². The summed E-state index contributed by atoms with van der Waals surface area (Å²) < 4.78 is 12.0. The average Bonchev–Trinajstić information content (AvgIpc) is 3.52. The molecule has 146 valence electrons. The molecule has 2 nitrogen and oxygen atoms in total. The first-order valence-electron chi connectivity index (χ1n) is 11.6. The van der Waals surface area contributed by atoms with Crippen molar-refractivity contribution in [3.8, 4) is 0 Å². The van der Waals surface area contributed by atoms with Gasteiger partial charge >= 0.3 is 0 Å². The first-order chi connectivity index (χ1) is 12.5. The minimum Gasteiger partial charge on any atom is -0.381 e. The fraction of sp³-hybridized carbons (Fsp3) is 1.00. The number of hydrogen-bond donors (Lipinski definition) is 0. The van der Waals surface area contributed by atoms with Crippen molar-refractivity contribution in [1.29, 1.82) is 0 Å². The third-order valence-electron chi connectivity index (χ3n) is 11.5. The van der Waals surface area contributed by atoms with Crippen molar-refractivity contribution in [2.24, 2.45) is 51.8 Å². The van der Waals surface area contributed by atoms with Crippen LogP contribution in [0.4, 0.5) is 0 Å². The summed E-state index contributed by atoms with van der Waals surface area (Å²) in [6.45, 7) is 8.88. The molecule has 6 aliphatic rings. The van der Waals surface area contributed by atoms with Crippen molar-refractivity contribution in [2.75, 3.05) is 13.7 Å². The van der Waals surface area contributed by atoms with Gasteiger partial charge in [0, 0.05) is 12.5 Å². The van der Waals surface area contributed by atoms with Crippen molar-refractivity contribution < 1.29 is 9.47 Å². The van der Waals surface area contributed by atoms with Crippen LogP contribution in [0.5, 0.6) is 0 Å². The monoisotopic (exact) mass is 358 g/mol. The van der Waals surface area contributed by atoms with Crippen molar-refractivity contribution in [1.82, 2.24) is 0 Å².